The first kappa shape index (κ1) is 20.4. The topological polar surface area (TPSA) is 59.3 Å². The van der Waals surface area contributed by atoms with Crippen LogP contribution in [-0.4, -0.2) is 28.5 Å². The second kappa shape index (κ2) is 9.24. The lowest BCUT2D eigenvalue weighted by Gasteiger charge is -2.13. The van der Waals surface area contributed by atoms with E-state index in [1.54, 1.807) is 7.11 Å². The normalized spacial score (nSPS) is 12.2. The lowest BCUT2D eigenvalue weighted by Crippen LogP contribution is -2.21. The fraction of sp³-hybridized carbons (Fsp3) is 0.318. The van der Waals surface area contributed by atoms with E-state index in [-0.39, 0.29) is 0 Å². The van der Waals surface area contributed by atoms with Gasteiger partial charge in [0.15, 0.2) is 0 Å². The second-order valence-electron chi connectivity index (χ2n) is 6.82. The van der Waals surface area contributed by atoms with Crippen molar-refractivity contribution in [2.75, 3.05) is 13.7 Å². The van der Waals surface area contributed by atoms with E-state index in [0.29, 0.717) is 19.6 Å². The number of aromatic nitrogens is 2. The lowest BCUT2D eigenvalue weighted by molar-refractivity contribution is 0.174. The highest BCUT2D eigenvalue weighted by Gasteiger charge is 2.14. The van der Waals surface area contributed by atoms with Crippen molar-refractivity contribution in [1.29, 1.82) is 0 Å². The molecule has 2 aromatic carbocycles. The SMILES string of the molecule is COc1ccc(C(O)CNCc2c(C)nn(Cc3ccccc3Cl)c2C)cc1. The monoisotopic (exact) mass is 399 g/mol. The Morgan fingerprint density at radius 3 is 2.54 bits per heavy atom. The van der Waals surface area contributed by atoms with E-state index in [1.807, 2.05) is 60.1 Å². The molecule has 2 N–H and O–H groups in total. The number of hydrogen-bond acceptors (Lipinski definition) is 4. The maximum absolute atomic E-state index is 10.4. The summed E-state index contributed by atoms with van der Waals surface area (Å²) in [6, 6.07) is 15.3. The molecule has 1 atom stereocenters. The summed E-state index contributed by atoms with van der Waals surface area (Å²) in [5, 5.41) is 19.1. The first-order valence-corrected chi connectivity index (χ1v) is 9.66. The zero-order valence-electron chi connectivity index (χ0n) is 16.4. The number of aliphatic hydroxyl groups excluding tert-OH is 1. The van der Waals surface area contributed by atoms with Crippen molar-refractivity contribution in [3.05, 3.63) is 81.6 Å². The van der Waals surface area contributed by atoms with E-state index in [1.165, 1.54) is 0 Å². The van der Waals surface area contributed by atoms with E-state index < -0.39 is 6.10 Å². The van der Waals surface area contributed by atoms with Gasteiger partial charge in [0.1, 0.15) is 5.75 Å². The Morgan fingerprint density at radius 1 is 1.14 bits per heavy atom. The van der Waals surface area contributed by atoms with Crippen LogP contribution in [0.4, 0.5) is 0 Å². The zero-order valence-corrected chi connectivity index (χ0v) is 17.2. The molecule has 0 aliphatic rings. The Labute approximate surface area is 170 Å². The van der Waals surface area contributed by atoms with Crippen molar-refractivity contribution >= 4 is 11.6 Å². The smallest absolute Gasteiger partial charge is 0.118 e. The fourth-order valence-electron chi connectivity index (χ4n) is 3.21. The molecule has 3 aromatic rings. The Morgan fingerprint density at radius 2 is 1.86 bits per heavy atom. The molecule has 0 aliphatic carbocycles. The van der Waals surface area contributed by atoms with Gasteiger partial charge in [0, 0.05) is 29.4 Å². The first-order chi connectivity index (χ1) is 13.5. The zero-order chi connectivity index (χ0) is 20.1. The quantitative estimate of drug-likeness (QED) is 0.600. The molecule has 148 valence electrons. The largest absolute Gasteiger partial charge is 0.497 e. The molecule has 6 heteroatoms. The molecule has 1 heterocycles. The molecule has 5 nitrogen and oxygen atoms in total. The summed E-state index contributed by atoms with van der Waals surface area (Å²) in [6.07, 6.45) is -0.579. The van der Waals surface area contributed by atoms with Crippen LogP contribution >= 0.6 is 11.6 Å². The number of methoxy groups -OCH3 is 1. The molecule has 0 amide bonds. The van der Waals surface area contributed by atoms with Crippen LogP contribution < -0.4 is 10.1 Å². The number of aliphatic hydroxyl groups is 1. The molecule has 0 fully saturated rings. The summed E-state index contributed by atoms with van der Waals surface area (Å²) in [4.78, 5) is 0. The highest BCUT2D eigenvalue weighted by atomic mass is 35.5. The van der Waals surface area contributed by atoms with E-state index in [4.69, 9.17) is 16.3 Å². The number of nitrogens with zero attached hydrogens (tertiary/aromatic N) is 2. The molecule has 1 unspecified atom stereocenters. The lowest BCUT2D eigenvalue weighted by atomic mass is 10.1. The molecule has 0 saturated carbocycles. The predicted octanol–water partition coefficient (Wildman–Crippen LogP) is 4.03. The van der Waals surface area contributed by atoms with Crippen molar-refractivity contribution in [2.24, 2.45) is 0 Å². The van der Waals surface area contributed by atoms with Gasteiger partial charge in [-0.3, -0.25) is 4.68 Å². The average Bonchev–Trinajstić information content (AvgIpc) is 2.97. The van der Waals surface area contributed by atoms with Gasteiger partial charge >= 0.3 is 0 Å². The van der Waals surface area contributed by atoms with Gasteiger partial charge in [-0.2, -0.15) is 5.10 Å². The molecule has 0 aliphatic heterocycles. The fourth-order valence-corrected chi connectivity index (χ4v) is 3.41. The Kier molecular flexibility index (Phi) is 6.73. The van der Waals surface area contributed by atoms with Crippen molar-refractivity contribution in [2.45, 2.75) is 33.0 Å². The van der Waals surface area contributed by atoms with Crippen LogP contribution in [0.25, 0.3) is 0 Å². The van der Waals surface area contributed by atoms with Crippen molar-refractivity contribution < 1.29 is 9.84 Å². The van der Waals surface area contributed by atoms with E-state index >= 15 is 0 Å². The minimum Gasteiger partial charge on any atom is -0.497 e. The van der Waals surface area contributed by atoms with Crippen LogP contribution in [0.5, 0.6) is 5.75 Å². The number of ether oxygens (including phenoxy) is 1. The molecular formula is C22H26ClN3O2. The van der Waals surface area contributed by atoms with Crippen molar-refractivity contribution in [3.8, 4) is 5.75 Å². The van der Waals surface area contributed by atoms with Gasteiger partial charge in [-0.1, -0.05) is 41.9 Å². The summed E-state index contributed by atoms with van der Waals surface area (Å²) in [6.45, 7) is 5.82. The maximum Gasteiger partial charge on any atom is 0.118 e. The summed E-state index contributed by atoms with van der Waals surface area (Å²) >= 11 is 6.28. The van der Waals surface area contributed by atoms with Gasteiger partial charge < -0.3 is 15.2 Å². The predicted molar refractivity (Wildman–Crippen MR) is 112 cm³/mol. The van der Waals surface area contributed by atoms with E-state index in [0.717, 1.165) is 38.9 Å². The summed E-state index contributed by atoms with van der Waals surface area (Å²) in [5.41, 5.74) is 5.13. The van der Waals surface area contributed by atoms with Crippen molar-refractivity contribution in [3.63, 3.8) is 0 Å². The van der Waals surface area contributed by atoms with Gasteiger partial charge in [-0.05, 0) is 43.2 Å². The van der Waals surface area contributed by atoms with Crippen LogP contribution in [0.2, 0.25) is 5.02 Å². The number of nitrogens with one attached hydrogen (secondary N) is 1. The average molecular weight is 400 g/mol. The molecule has 0 radical (unpaired) electrons. The standard InChI is InChI=1S/C22H26ClN3O2/c1-15-20(12-24-13-22(27)17-8-10-19(28-3)11-9-17)16(2)26(25-15)14-18-6-4-5-7-21(18)23/h4-11,22,24,27H,12-14H2,1-3H3. The van der Waals surface area contributed by atoms with Gasteiger partial charge in [-0.15, -0.1) is 0 Å². The Balaban J connectivity index is 1.61. The molecule has 1 aromatic heterocycles. The van der Waals surface area contributed by atoms with E-state index in [2.05, 4.69) is 17.3 Å². The molecule has 3 rings (SSSR count). The number of aryl methyl sites for hydroxylation is 1. The van der Waals surface area contributed by atoms with Crippen molar-refractivity contribution in [1.82, 2.24) is 15.1 Å². The van der Waals surface area contributed by atoms with Gasteiger partial charge in [0.25, 0.3) is 0 Å². The number of halogens is 1. The number of hydrogen-bond donors (Lipinski definition) is 2. The second-order valence-corrected chi connectivity index (χ2v) is 7.23. The summed E-state index contributed by atoms with van der Waals surface area (Å²) < 4.78 is 7.13. The van der Waals surface area contributed by atoms with Gasteiger partial charge in [0.2, 0.25) is 0 Å². The van der Waals surface area contributed by atoms with Crippen LogP contribution in [0, 0.1) is 13.8 Å². The maximum atomic E-state index is 10.4. The van der Waals surface area contributed by atoms with Crippen LogP contribution in [-0.2, 0) is 13.1 Å². The Bertz CT molecular complexity index is 922. The Hall–Kier alpha value is -2.34. The summed E-state index contributed by atoms with van der Waals surface area (Å²) in [7, 11) is 1.63. The van der Waals surface area contributed by atoms with Gasteiger partial charge in [-0.25, -0.2) is 0 Å². The molecule has 0 saturated heterocycles. The highest BCUT2D eigenvalue weighted by Crippen LogP contribution is 2.20. The summed E-state index contributed by atoms with van der Waals surface area (Å²) in [5.74, 6) is 0.779. The third-order valence-corrected chi connectivity index (χ3v) is 5.32. The van der Waals surface area contributed by atoms with Crippen LogP contribution in [0.3, 0.4) is 0 Å². The molecular weight excluding hydrogens is 374 g/mol. The van der Waals surface area contributed by atoms with Crippen LogP contribution in [0.1, 0.15) is 34.2 Å². The number of rotatable bonds is 8. The molecule has 28 heavy (non-hydrogen) atoms. The number of benzene rings is 2. The first-order valence-electron chi connectivity index (χ1n) is 9.28. The molecule has 0 spiro atoms. The minimum atomic E-state index is -0.579. The third-order valence-electron chi connectivity index (χ3n) is 4.95. The van der Waals surface area contributed by atoms with Crippen LogP contribution in [0.15, 0.2) is 48.5 Å². The third kappa shape index (κ3) is 4.73. The van der Waals surface area contributed by atoms with E-state index in [9.17, 15) is 5.11 Å². The van der Waals surface area contributed by atoms with Gasteiger partial charge in [0.05, 0.1) is 25.5 Å². The molecule has 0 bridgehead atoms. The minimum absolute atomic E-state index is 0.459. The highest BCUT2D eigenvalue weighted by molar-refractivity contribution is 6.31.